The summed E-state index contributed by atoms with van der Waals surface area (Å²) >= 11 is 0. The molecule has 1 saturated heterocycles. The van der Waals surface area contributed by atoms with Crippen molar-refractivity contribution in [2.45, 2.75) is 18.9 Å². The van der Waals surface area contributed by atoms with Gasteiger partial charge in [0.1, 0.15) is 5.75 Å². The maximum atomic E-state index is 11.4. The van der Waals surface area contributed by atoms with Crippen LogP contribution in [0.2, 0.25) is 0 Å². The highest BCUT2D eigenvalue weighted by Crippen LogP contribution is 2.33. The van der Waals surface area contributed by atoms with E-state index in [-0.39, 0.29) is 12.0 Å². The molecular weight excluding hydrogens is 352 g/mol. The molecule has 3 aromatic rings. The van der Waals surface area contributed by atoms with Crippen molar-refractivity contribution in [3.05, 3.63) is 71.9 Å². The van der Waals surface area contributed by atoms with Gasteiger partial charge in [0.2, 0.25) is 0 Å². The summed E-state index contributed by atoms with van der Waals surface area (Å²) < 4.78 is 5.43. The van der Waals surface area contributed by atoms with E-state index in [0.717, 1.165) is 41.0 Å². The Balaban J connectivity index is 1.73. The number of rotatable bonds is 5. The van der Waals surface area contributed by atoms with Gasteiger partial charge in [-0.15, -0.1) is 0 Å². The van der Waals surface area contributed by atoms with Crippen LogP contribution in [0.25, 0.3) is 10.9 Å². The number of piperidine rings is 1. The monoisotopic (exact) mass is 376 g/mol. The molecular formula is C23H24N2O3. The Bertz CT molecular complexity index is 980. The fourth-order valence-electron chi connectivity index (χ4n) is 4.02. The molecule has 0 radical (unpaired) electrons. The van der Waals surface area contributed by atoms with Crippen LogP contribution in [0.15, 0.2) is 60.7 Å². The first kappa shape index (κ1) is 18.4. The largest absolute Gasteiger partial charge is 0.497 e. The Hall–Kier alpha value is -2.92. The molecule has 5 nitrogen and oxygen atoms in total. The molecule has 1 N–H and O–H groups in total. The zero-order valence-electron chi connectivity index (χ0n) is 15.9. The van der Waals surface area contributed by atoms with Crippen molar-refractivity contribution in [1.29, 1.82) is 0 Å². The number of hydrogen-bond donors (Lipinski definition) is 1. The van der Waals surface area contributed by atoms with E-state index in [1.807, 2.05) is 36.4 Å². The third-order valence-electron chi connectivity index (χ3n) is 5.55. The third-order valence-corrected chi connectivity index (χ3v) is 5.55. The number of hydrogen-bond acceptors (Lipinski definition) is 4. The average Bonchev–Trinajstić information content (AvgIpc) is 2.74. The topological polar surface area (TPSA) is 62.7 Å². The van der Waals surface area contributed by atoms with Crippen LogP contribution in [-0.4, -0.2) is 41.2 Å². The number of para-hydroxylation sites is 1. The predicted molar refractivity (Wildman–Crippen MR) is 109 cm³/mol. The summed E-state index contributed by atoms with van der Waals surface area (Å²) in [6.07, 6.45) is 1.31. The number of aromatic nitrogens is 1. The van der Waals surface area contributed by atoms with Crippen LogP contribution in [0.4, 0.5) is 0 Å². The molecule has 2 heterocycles. The number of carbonyl (C=O) groups is 1. The van der Waals surface area contributed by atoms with Gasteiger partial charge in [0, 0.05) is 5.39 Å². The minimum atomic E-state index is -0.693. The van der Waals surface area contributed by atoms with Gasteiger partial charge in [0.15, 0.2) is 0 Å². The highest BCUT2D eigenvalue weighted by molar-refractivity contribution is 5.78. The van der Waals surface area contributed by atoms with Gasteiger partial charge in [-0.05, 0) is 55.8 Å². The standard InChI is InChI=1S/C23H24N2O3/c1-28-19-7-4-6-18(15-19)22(25-13-11-17(12-14-25)23(26)27)21-10-9-16-5-2-3-8-20(16)24-21/h2-10,15,17,22H,11-14H2,1H3,(H,26,27). The SMILES string of the molecule is COc1cccc(C(c2ccc3ccccc3n2)N2CCC(C(=O)O)CC2)c1. The molecule has 0 spiro atoms. The van der Waals surface area contributed by atoms with E-state index >= 15 is 0 Å². The predicted octanol–water partition coefficient (Wildman–Crippen LogP) is 4.13. The Morgan fingerprint density at radius 1 is 1.11 bits per heavy atom. The summed E-state index contributed by atoms with van der Waals surface area (Å²) in [5.41, 5.74) is 3.05. The first-order valence-corrected chi connectivity index (χ1v) is 9.62. The molecule has 5 heteroatoms. The van der Waals surface area contributed by atoms with Crippen LogP contribution in [0.3, 0.4) is 0 Å². The lowest BCUT2D eigenvalue weighted by molar-refractivity contribution is -0.143. The molecule has 0 saturated carbocycles. The van der Waals surface area contributed by atoms with Crippen molar-refractivity contribution in [2.75, 3.05) is 20.2 Å². The number of aliphatic carboxylic acids is 1. The van der Waals surface area contributed by atoms with Gasteiger partial charge in [-0.2, -0.15) is 0 Å². The van der Waals surface area contributed by atoms with Crippen molar-refractivity contribution in [3.63, 3.8) is 0 Å². The number of fused-ring (bicyclic) bond motifs is 1. The smallest absolute Gasteiger partial charge is 0.306 e. The summed E-state index contributed by atoms with van der Waals surface area (Å²) in [5.74, 6) is -0.142. The average molecular weight is 376 g/mol. The Morgan fingerprint density at radius 3 is 2.64 bits per heavy atom. The molecule has 1 aliphatic rings. The van der Waals surface area contributed by atoms with Gasteiger partial charge < -0.3 is 9.84 Å². The maximum absolute atomic E-state index is 11.4. The second kappa shape index (κ2) is 7.98. The van der Waals surface area contributed by atoms with Gasteiger partial charge in [-0.25, -0.2) is 0 Å². The number of pyridine rings is 1. The van der Waals surface area contributed by atoms with Gasteiger partial charge in [0.05, 0.1) is 30.3 Å². The fourth-order valence-corrected chi connectivity index (χ4v) is 4.02. The number of likely N-dealkylation sites (tertiary alicyclic amines) is 1. The van der Waals surface area contributed by atoms with Crippen molar-refractivity contribution in [1.82, 2.24) is 9.88 Å². The lowest BCUT2D eigenvalue weighted by Gasteiger charge is -2.36. The highest BCUT2D eigenvalue weighted by atomic mass is 16.5. The van der Waals surface area contributed by atoms with Gasteiger partial charge >= 0.3 is 5.97 Å². The molecule has 28 heavy (non-hydrogen) atoms. The molecule has 1 unspecified atom stereocenters. The summed E-state index contributed by atoms with van der Waals surface area (Å²) in [6.45, 7) is 1.46. The Labute approximate surface area is 164 Å². The quantitative estimate of drug-likeness (QED) is 0.725. The van der Waals surface area contributed by atoms with Gasteiger partial charge in [-0.1, -0.05) is 36.4 Å². The van der Waals surface area contributed by atoms with Crippen LogP contribution >= 0.6 is 0 Å². The first-order valence-electron chi connectivity index (χ1n) is 9.62. The molecule has 0 aliphatic carbocycles. The second-order valence-corrected chi connectivity index (χ2v) is 7.26. The van der Waals surface area contributed by atoms with E-state index in [1.54, 1.807) is 7.11 Å². The van der Waals surface area contributed by atoms with E-state index in [0.29, 0.717) is 12.8 Å². The van der Waals surface area contributed by atoms with Crippen LogP contribution in [0, 0.1) is 5.92 Å². The lowest BCUT2D eigenvalue weighted by Crippen LogP contribution is -2.39. The Kier molecular flexibility index (Phi) is 5.26. The zero-order valence-corrected chi connectivity index (χ0v) is 15.9. The molecule has 1 fully saturated rings. The maximum Gasteiger partial charge on any atom is 0.306 e. The number of ether oxygens (including phenoxy) is 1. The van der Waals surface area contributed by atoms with Crippen LogP contribution in [-0.2, 0) is 4.79 Å². The minimum Gasteiger partial charge on any atom is -0.497 e. The fraction of sp³-hybridized carbons (Fsp3) is 0.304. The number of carboxylic acid groups (broad SMARTS) is 1. The van der Waals surface area contributed by atoms with Gasteiger partial charge in [0.25, 0.3) is 0 Å². The molecule has 1 aromatic heterocycles. The molecule has 1 aliphatic heterocycles. The van der Waals surface area contributed by atoms with E-state index in [4.69, 9.17) is 9.72 Å². The molecule has 0 amide bonds. The number of carboxylic acids is 1. The number of benzene rings is 2. The van der Waals surface area contributed by atoms with E-state index in [9.17, 15) is 9.90 Å². The summed E-state index contributed by atoms with van der Waals surface area (Å²) in [5, 5.41) is 10.4. The summed E-state index contributed by atoms with van der Waals surface area (Å²) in [4.78, 5) is 18.6. The summed E-state index contributed by atoms with van der Waals surface area (Å²) in [6, 6.07) is 20.3. The van der Waals surface area contributed by atoms with E-state index in [2.05, 4.69) is 29.2 Å². The van der Waals surface area contributed by atoms with Crippen molar-refractivity contribution >= 4 is 16.9 Å². The van der Waals surface area contributed by atoms with Gasteiger partial charge in [-0.3, -0.25) is 14.7 Å². The van der Waals surface area contributed by atoms with Crippen LogP contribution in [0.1, 0.15) is 30.1 Å². The molecule has 144 valence electrons. The van der Waals surface area contributed by atoms with E-state index < -0.39 is 5.97 Å². The molecule has 4 rings (SSSR count). The number of nitrogens with zero attached hydrogens (tertiary/aromatic N) is 2. The molecule has 0 bridgehead atoms. The lowest BCUT2D eigenvalue weighted by atomic mass is 9.93. The highest BCUT2D eigenvalue weighted by Gasteiger charge is 2.31. The Morgan fingerprint density at radius 2 is 1.89 bits per heavy atom. The first-order chi connectivity index (χ1) is 13.7. The second-order valence-electron chi connectivity index (χ2n) is 7.26. The van der Waals surface area contributed by atoms with Crippen LogP contribution in [0.5, 0.6) is 5.75 Å². The minimum absolute atomic E-state index is 0.0329. The third kappa shape index (κ3) is 3.71. The molecule has 2 aromatic carbocycles. The zero-order chi connectivity index (χ0) is 19.5. The van der Waals surface area contributed by atoms with Crippen molar-refractivity contribution in [2.24, 2.45) is 5.92 Å². The molecule has 1 atom stereocenters. The normalized spacial score (nSPS) is 16.8. The number of methoxy groups -OCH3 is 1. The van der Waals surface area contributed by atoms with E-state index in [1.165, 1.54) is 0 Å². The van der Waals surface area contributed by atoms with Crippen molar-refractivity contribution < 1.29 is 14.6 Å². The summed E-state index contributed by atoms with van der Waals surface area (Å²) in [7, 11) is 1.67. The van der Waals surface area contributed by atoms with Crippen molar-refractivity contribution in [3.8, 4) is 5.75 Å². The van der Waals surface area contributed by atoms with Crippen LogP contribution < -0.4 is 4.74 Å².